The van der Waals surface area contributed by atoms with Crippen LogP contribution < -0.4 is 21.3 Å². The van der Waals surface area contributed by atoms with Crippen molar-refractivity contribution in [3.63, 3.8) is 0 Å². The summed E-state index contributed by atoms with van der Waals surface area (Å²) in [5.41, 5.74) is 13.1. The van der Waals surface area contributed by atoms with Gasteiger partial charge in [0.1, 0.15) is 3.00 Å². The van der Waals surface area contributed by atoms with E-state index in [1.807, 2.05) is 0 Å². The predicted molar refractivity (Wildman–Crippen MR) is 175 cm³/mol. The molecule has 2 aliphatic rings. The second kappa shape index (κ2) is 11.7. The average Bonchev–Trinajstić information content (AvgIpc) is 2.85. The van der Waals surface area contributed by atoms with Gasteiger partial charge in [0.15, 0.2) is 5.11 Å². The molecule has 1 fully saturated rings. The van der Waals surface area contributed by atoms with Gasteiger partial charge >= 0.3 is 0 Å². The molecule has 0 amide bonds. The van der Waals surface area contributed by atoms with Crippen molar-refractivity contribution in [2.45, 2.75) is 70.6 Å². The van der Waals surface area contributed by atoms with Gasteiger partial charge in [0.25, 0.3) is 0 Å². The smallest absolute Gasteiger partial charge is 0.163 e. The molecule has 3 unspecified atom stereocenters. The number of fused-ring (bicyclic) bond motifs is 3. The number of nitrogens with two attached hydrogens (primary N) is 1. The zero-order chi connectivity index (χ0) is 26.8. The van der Waals surface area contributed by atoms with Crippen molar-refractivity contribution < 1.29 is 0 Å². The van der Waals surface area contributed by atoms with E-state index in [0.717, 1.165) is 28.2 Å². The van der Waals surface area contributed by atoms with Gasteiger partial charge in [-0.2, -0.15) is 0 Å². The molecule has 2 aromatic rings. The lowest BCUT2D eigenvalue weighted by Gasteiger charge is -2.55. The van der Waals surface area contributed by atoms with E-state index < -0.39 is 0 Å². The van der Waals surface area contributed by atoms with E-state index in [1.54, 1.807) is 11.1 Å². The van der Waals surface area contributed by atoms with Crippen molar-refractivity contribution in [2.24, 2.45) is 17.1 Å². The van der Waals surface area contributed by atoms with E-state index in [9.17, 15) is 0 Å². The predicted octanol–water partition coefficient (Wildman–Crippen LogP) is 7.29. The molecular formula is C30H41IN4S2. The van der Waals surface area contributed by atoms with Crippen LogP contribution in [0, 0.1) is 11.3 Å². The second-order valence-electron chi connectivity index (χ2n) is 11.7. The Bertz CT molecular complexity index is 1140. The Labute approximate surface area is 247 Å². The van der Waals surface area contributed by atoms with Crippen LogP contribution in [0.3, 0.4) is 0 Å². The Kier molecular flexibility index (Phi) is 9.06. The fourth-order valence-electron chi connectivity index (χ4n) is 7.05. The molecule has 4 rings (SSSR count). The molecule has 0 saturated heterocycles. The van der Waals surface area contributed by atoms with Crippen molar-refractivity contribution >= 4 is 66.5 Å². The molecule has 0 aromatic heterocycles. The molecule has 4 N–H and O–H groups in total. The van der Waals surface area contributed by atoms with E-state index >= 15 is 0 Å². The molecule has 1 saturated carbocycles. The molecular weight excluding hydrogens is 607 g/mol. The normalized spacial score (nSPS) is 25.4. The summed E-state index contributed by atoms with van der Waals surface area (Å²) >= 11 is 12.4. The zero-order valence-corrected chi connectivity index (χ0v) is 26.4. The van der Waals surface area contributed by atoms with Crippen LogP contribution in [0.1, 0.15) is 75.5 Å². The highest BCUT2D eigenvalue weighted by molar-refractivity contribution is 14.1. The maximum atomic E-state index is 5.80. The first-order valence-electron chi connectivity index (χ1n) is 13.5. The molecule has 4 nitrogen and oxygen atoms in total. The maximum Gasteiger partial charge on any atom is 0.163 e. The summed E-state index contributed by atoms with van der Waals surface area (Å²) in [6, 6.07) is 15.9. The molecule has 4 atom stereocenters. The quantitative estimate of drug-likeness (QED) is 0.121. The number of anilines is 2. The van der Waals surface area contributed by atoms with Gasteiger partial charge in [-0.05, 0) is 131 Å². The molecule has 0 spiro atoms. The summed E-state index contributed by atoms with van der Waals surface area (Å²) in [7, 11) is 2.18. The first kappa shape index (κ1) is 28.6. The highest BCUT2D eigenvalue weighted by Crippen LogP contribution is 2.57. The molecule has 37 heavy (non-hydrogen) atoms. The van der Waals surface area contributed by atoms with Gasteiger partial charge in [0.2, 0.25) is 0 Å². The average molecular weight is 649 g/mol. The molecule has 200 valence electrons. The highest BCUT2D eigenvalue weighted by Gasteiger charge is 2.51. The Balaban J connectivity index is 1.43. The lowest BCUT2D eigenvalue weighted by atomic mass is 9.49. The fraction of sp³-hybridized carbons (Fsp3) is 0.533. The van der Waals surface area contributed by atoms with Crippen LogP contribution in [0.15, 0.2) is 42.5 Å². The summed E-state index contributed by atoms with van der Waals surface area (Å²) < 4.78 is 0.757. The minimum absolute atomic E-state index is 0.223. The molecule has 0 radical (unpaired) electrons. The van der Waals surface area contributed by atoms with E-state index in [2.05, 4.69) is 108 Å². The minimum Gasteiger partial charge on any atom is -0.376 e. The number of hydrogen-bond donors (Lipinski definition) is 3. The van der Waals surface area contributed by atoms with E-state index in [-0.39, 0.29) is 10.8 Å². The van der Waals surface area contributed by atoms with E-state index in [1.165, 1.54) is 43.4 Å². The maximum absolute atomic E-state index is 5.80. The van der Waals surface area contributed by atoms with E-state index in [4.69, 9.17) is 30.2 Å². The zero-order valence-electron chi connectivity index (χ0n) is 22.6. The van der Waals surface area contributed by atoms with Crippen molar-refractivity contribution in [3.05, 3.63) is 59.2 Å². The van der Waals surface area contributed by atoms with Crippen LogP contribution in [-0.4, -0.2) is 28.2 Å². The van der Waals surface area contributed by atoms with Gasteiger partial charge in [-0.25, -0.2) is 0 Å². The largest absolute Gasteiger partial charge is 0.376 e. The first-order valence-corrected chi connectivity index (χ1v) is 15.4. The number of nitrogens with zero attached hydrogens (tertiary/aromatic N) is 1. The Morgan fingerprint density at radius 3 is 2.57 bits per heavy atom. The third-order valence-corrected chi connectivity index (χ3v) is 9.70. The molecule has 7 heteroatoms. The summed E-state index contributed by atoms with van der Waals surface area (Å²) in [5.74, 6) is 1.16. The van der Waals surface area contributed by atoms with Gasteiger partial charge in [0.05, 0.1) is 0 Å². The van der Waals surface area contributed by atoms with Crippen LogP contribution in [-0.2, 0) is 11.8 Å². The molecule has 2 aliphatic carbocycles. The lowest BCUT2D eigenvalue weighted by molar-refractivity contribution is 0.0293. The SMILES string of the molecule is CC(CCN(C)c1ccc(NC(=S)I)cc1)c1ccc2c(c1)CCC1C(C)(CNC(N)=S)CCC[C@]21C. The van der Waals surface area contributed by atoms with Gasteiger partial charge < -0.3 is 21.3 Å². The lowest BCUT2D eigenvalue weighted by Crippen LogP contribution is -2.53. The third kappa shape index (κ3) is 6.41. The monoisotopic (exact) mass is 648 g/mol. The standard InChI is InChI=1S/C30H41IN4S2/c1-20(14-17-35(4)24-10-8-23(9-11-24)34-27(31)36)21-6-12-25-22(18-21)7-13-26-29(2,19-33-28(32)37)15-5-16-30(25,26)3/h6,8-12,18,20,26H,5,7,13-17,19H2,1-4H3,(H,34,36)(H3,32,33,37)/t20?,26?,29?,30-/m1/s1. The Hall–Kier alpha value is -1.45. The van der Waals surface area contributed by atoms with Crippen molar-refractivity contribution in [3.8, 4) is 0 Å². The molecule has 0 bridgehead atoms. The van der Waals surface area contributed by atoms with Crippen LogP contribution in [0.5, 0.6) is 0 Å². The van der Waals surface area contributed by atoms with Gasteiger partial charge in [-0.3, -0.25) is 0 Å². The molecule has 2 aromatic carbocycles. The number of aryl methyl sites for hydroxylation is 1. The third-order valence-electron chi connectivity index (χ3n) is 9.19. The number of hydrogen-bond acceptors (Lipinski definition) is 3. The summed E-state index contributed by atoms with van der Waals surface area (Å²) in [6.07, 6.45) is 7.30. The van der Waals surface area contributed by atoms with Gasteiger partial charge in [-0.1, -0.05) is 57.6 Å². The topological polar surface area (TPSA) is 53.3 Å². The molecule has 0 aliphatic heterocycles. The Morgan fingerprint density at radius 2 is 1.89 bits per heavy atom. The number of benzene rings is 2. The number of halogens is 1. The highest BCUT2D eigenvalue weighted by atomic mass is 127. The number of thiocarbonyl (C=S) groups is 2. The number of nitrogens with one attached hydrogen (secondary N) is 2. The van der Waals surface area contributed by atoms with Crippen LogP contribution in [0.25, 0.3) is 0 Å². The Morgan fingerprint density at radius 1 is 1.16 bits per heavy atom. The second-order valence-corrected chi connectivity index (χ2v) is 14.4. The van der Waals surface area contributed by atoms with Crippen LogP contribution >= 0.6 is 47.0 Å². The minimum atomic E-state index is 0.223. The van der Waals surface area contributed by atoms with E-state index in [0.29, 0.717) is 16.9 Å². The fourth-order valence-corrected chi connectivity index (χ4v) is 7.55. The van der Waals surface area contributed by atoms with Crippen molar-refractivity contribution in [1.29, 1.82) is 0 Å². The summed E-state index contributed by atoms with van der Waals surface area (Å²) in [4.78, 5) is 2.34. The van der Waals surface area contributed by atoms with Crippen LogP contribution in [0.4, 0.5) is 11.4 Å². The summed E-state index contributed by atoms with van der Waals surface area (Å²) in [5, 5.41) is 6.90. The number of rotatable bonds is 8. The van der Waals surface area contributed by atoms with Gasteiger partial charge in [-0.15, -0.1) is 0 Å². The first-order chi connectivity index (χ1) is 17.5. The molecule has 0 heterocycles. The van der Waals surface area contributed by atoms with Crippen molar-refractivity contribution in [2.75, 3.05) is 30.4 Å². The van der Waals surface area contributed by atoms with Crippen molar-refractivity contribution in [1.82, 2.24) is 5.32 Å². The van der Waals surface area contributed by atoms with Gasteiger partial charge in [0, 0.05) is 31.5 Å². The summed E-state index contributed by atoms with van der Waals surface area (Å²) in [6.45, 7) is 9.23. The van der Waals surface area contributed by atoms with Crippen LogP contribution in [0.2, 0.25) is 0 Å².